The van der Waals surface area contributed by atoms with E-state index >= 15 is 0 Å². The molecule has 1 N–H and O–H groups in total. The van der Waals surface area contributed by atoms with Gasteiger partial charge < -0.3 is 15.1 Å². The second-order valence-corrected chi connectivity index (χ2v) is 10.1. The normalized spacial score (nSPS) is 23.0. The molecule has 1 heterocycles. The van der Waals surface area contributed by atoms with E-state index in [0.29, 0.717) is 11.8 Å². The Morgan fingerprint density at radius 1 is 1.30 bits per heavy atom. The van der Waals surface area contributed by atoms with Gasteiger partial charge in [0, 0.05) is 28.9 Å². The molecule has 7 heteroatoms. The zero-order valence-electron chi connectivity index (χ0n) is 17.9. The lowest BCUT2D eigenvalue weighted by Crippen LogP contribution is -2.54. The summed E-state index contributed by atoms with van der Waals surface area (Å²) < 4.78 is 0.991. The molecule has 2 unspecified atom stereocenters. The first-order chi connectivity index (χ1) is 14.5. The molecule has 5 nitrogen and oxygen atoms in total. The number of carbonyl (C=O) groups excluding carboxylic acids is 2. The van der Waals surface area contributed by atoms with Crippen molar-refractivity contribution in [1.82, 2.24) is 15.1 Å². The summed E-state index contributed by atoms with van der Waals surface area (Å²) in [5, 5.41) is 3.38. The Labute approximate surface area is 192 Å². The van der Waals surface area contributed by atoms with Crippen molar-refractivity contribution >= 4 is 45.6 Å². The number of nitrogens with zero attached hydrogens (tertiary/aromatic N) is 2. The number of fused-ring (bicyclic) bond motifs is 1. The molecule has 1 saturated carbocycles. The van der Waals surface area contributed by atoms with Crippen LogP contribution in [0.1, 0.15) is 45.1 Å². The minimum Gasteiger partial charge on any atom is -0.353 e. The molecule has 1 aromatic rings. The molecule has 0 aromatic heterocycles. The predicted molar refractivity (Wildman–Crippen MR) is 128 cm³/mol. The van der Waals surface area contributed by atoms with Crippen molar-refractivity contribution in [1.29, 1.82) is 0 Å². The molecule has 1 aromatic carbocycles. The molecule has 1 aliphatic carbocycles. The van der Waals surface area contributed by atoms with Crippen LogP contribution in [0.3, 0.4) is 0 Å². The van der Waals surface area contributed by atoms with Crippen molar-refractivity contribution in [3.8, 4) is 0 Å². The van der Waals surface area contributed by atoms with E-state index in [1.165, 1.54) is 6.42 Å². The third-order valence-corrected chi connectivity index (χ3v) is 7.82. The topological polar surface area (TPSA) is 52.7 Å². The van der Waals surface area contributed by atoms with E-state index in [2.05, 4.69) is 40.0 Å². The summed E-state index contributed by atoms with van der Waals surface area (Å²) in [6.07, 6.45) is 6.36. The lowest BCUT2D eigenvalue weighted by molar-refractivity contribution is -0.135. The van der Waals surface area contributed by atoms with Crippen LogP contribution < -0.4 is 5.32 Å². The van der Waals surface area contributed by atoms with Gasteiger partial charge in [-0.2, -0.15) is 0 Å². The third kappa shape index (κ3) is 6.11. The summed E-state index contributed by atoms with van der Waals surface area (Å²) in [5.74, 6) is -0.0736. The van der Waals surface area contributed by atoms with E-state index in [0.717, 1.165) is 53.8 Å². The number of likely N-dealkylation sites (N-methyl/N-ethyl adjacent to an activating group) is 1. The molecule has 1 aliphatic heterocycles. The number of hydrogen-bond donors (Lipinski definition) is 1. The molecule has 164 valence electrons. The van der Waals surface area contributed by atoms with Gasteiger partial charge in [-0.15, -0.1) is 11.8 Å². The third-order valence-electron chi connectivity index (χ3n) is 5.92. The van der Waals surface area contributed by atoms with E-state index in [1.807, 2.05) is 35.2 Å². The first-order valence-corrected chi connectivity index (χ1v) is 12.6. The maximum absolute atomic E-state index is 13.3. The highest BCUT2D eigenvalue weighted by Gasteiger charge is 2.41. The van der Waals surface area contributed by atoms with E-state index in [-0.39, 0.29) is 24.4 Å². The van der Waals surface area contributed by atoms with E-state index in [4.69, 9.17) is 0 Å². The van der Waals surface area contributed by atoms with Crippen LogP contribution in [0.25, 0.3) is 6.08 Å². The zero-order chi connectivity index (χ0) is 21.5. The quantitative estimate of drug-likeness (QED) is 0.553. The average Bonchev–Trinajstić information content (AvgIpc) is 2.74. The Balaban J connectivity index is 1.70. The first-order valence-electron chi connectivity index (χ1n) is 11.0. The number of thioether (sulfide) groups is 1. The van der Waals surface area contributed by atoms with Crippen molar-refractivity contribution in [2.24, 2.45) is 0 Å². The Morgan fingerprint density at radius 3 is 2.80 bits per heavy atom. The van der Waals surface area contributed by atoms with Crippen molar-refractivity contribution < 1.29 is 9.59 Å². The fraction of sp³-hybridized carbons (Fsp3) is 0.565. The largest absolute Gasteiger partial charge is 0.353 e. The Hall–Kier alpha value is -1.31. The molecule has 30 heavy (non-hydrogen) atoms. The van der Waals surface area contributed by atoms with Crippen LogP contribution in [0.15, 0.2) is 33.6 Å². The lowest BCUT2D eigenvalue weighted by atomic mass is 9.93. The predicted octanol–water partition coefficient (Wildman–Crippen LogP) is 4.13. The van der Waals surface area contributed by atoms with Crippen LogP contribution in [0.4, 0.5) is 0 Å². The van der Waals surface area contributed by atoms with Crippen molar-refractivity contribution in [2.45, 2.75) is 50.8 Å². The molecular weight excluding hydrogens is 462 g/mol. The Bertz CT molecular complexity index is 781. The van der Waals surface area contributed by atoms with Crippen molar-refractivity contribution in [2.75, 3.05) is 32.7 Å². The highest BCUT2D eigenvalue weighted by molar-refractivity contribution is 9.10. The second-order valence-electron chi connectivity index (χ2n) is 7.88. The van der Waals surface area contributed by atoms with Crippen LogP contribution in [0.5, 0.6) is 0 Å². The number of nitrogens with one attached hydrogen (secondary N) is 1. The number of hydrogen-bond acceptors (Lipinski definition) is 4. The standard InChI is InChI=1S/C23H32BrN3O2S/c1-3-26(4-2)13-12-25-22(28)16-27-19-10-5-6-11-20(19)30-21(23(27)29)15-17-8-7-9-18(24)14-17/h7-9,14-15,19-20H,3-6,10-13,16H2,1-2H3,(H,25,28)/b21-15+. The van der Waals surface area contributed by atoms with Gasteiger partial charge in [0.25, 0.3) is 5.91 Å². The maximum Gasteiger partial charge on any atom is 0.261 e. The van der Waals surface area contributed by atoms with E-state index in [9.17, 15) is 9.59 Å². The van der Waals surface area contributed by atoms with Gasteiger partial charge in [0.2, 0.25) is 5.91 Å². The van der Waals surface area contributed by atoms with Gasteiger partial charge in [0.05, 0.1) is 4.91 Å². The maximum atomic E-state index is 13.3. The smallest absolute Gasteiger partial charge is 0.261 e. The molecule has 2 amide bonds. The first kappa shape index (κ1) is 23.4. The lowest BCUT2D eigenvalue weighted by Gasteiger charge is -2.43. The van der Waals surface area contributed by atoms with Crippen LogP contribution in [0.2, 0.25) is 0 Å². The summed E-state index contributed by atoms with van der Waals surface area (Å²) >= 11 is 5.20. The van der Waals surface area contributed by atoms with E-state index in [1.54, 1.807) is 11.8 Å². The monoisotopic (exact) mass is 493 g/mol. The van der Waals surface area contributed by atoms with Crippen molar-refractivity contribution in [3.05, 3.63) is 39.2 Å². The summed E-state index contributed by atoms with van der Waals surface area (Å²) in [5.41, 5.74) is 0.998. The highest BCUT2D eigenvalue weighted by Crippen LogP contribution is 2.42. The molecule has 2 fully saturated rings. The van der Waals surface area contributed by atoms with Gasteiger partial charge in [-0.05, 0) is 49.7 Å². The van der Waals surface area contributed by atoms with Crippen LogP contribution in [-0.2, 0) is 9.59 Å². The van der Waals surface area contributed by atoms with Gasteiger partial charge in [-0.3, -0.25) is 9.59 Å². The SMILES string of the molecule is CCN(CC)CCNC(=O)CN1C(=O)/C(=C\c2cccc(Br)c2)SC2CCCCC21. The number of halogens is 1. The molecule has 1 saturated heterocycles. The molecule has 3 rings (SSSR count). The van der Waals surface area contributed by atoms with Crippen LogP contribution in [0, 0.1) is 0 Å². The van der Waals surface area contributed by atoms with Gasteiger partial charge >= 0.3 is 0 Å². The summed E-state index contributed by atoms with van der Waals surface area (Å²) in [7, 11) is 0. The summed E-state index contributed by atoms with van der Waals surface area (Å²) in [6, 6.07) is 8.12. The van der Waals surface area contributed by atoms with Crippen LogP contribution in [-0.4, -0.2) is 65.6 Å². The number of rotatable bonds is 8. The van der Waals surface area contributed by atoms with Crippen LogP contribution >= 0.6 is 27.7 Å². The molecule has 0 spiro atoms. The molecular formula is C23H32BrN3O2S. The minimum absolute atomic E-state index is 0.0120. The Kier molecular flexibility index (Phi) is 8.84. The van der Waals surface area contributed by atoms with Gasteiger partial charge in [-0.1, -0.05) is 54.8 Å². The van der Waals surface area contributed by atoms with Gasteiger partial charge in [0.1, 0.15) is 6.54 Å². The average molecular weight is 494 g/mol. The molecule has 0 radical (unpaired) electrons. The summed E-state index contributed by atoms with van der Waals surface area (Å²) in [4.78, 5) is 30.8. The number of amides is 2. The molecule has 0 bridgehead atoms. The number of benzene rings is 1. The second kappa shape index (κ2) is 11.3. The van der Waals surface area contributed by atoms with E-state index < -0.39 is 0 Å². The fourth-order valence-electron chi connectivity index (χ4n) is 4.21. The van der Waals surface area contributed by atoms with Gasteiger partial charge in [0.15, 0.2) is 0 Å². The fourth-order valence-corrected chi connectivity index (χ4v) is 6.10. The minimum atomic E-state index is -0.0615. The van der Waals surface area contributed by atoms with Gasteiger partial charge in [-0.25, -0.2) is 0 Å². The summed E-state index contributed by atoms with van der Waals surface area (Å²) in [6.45, 7) is 7.79. The Morgan fingerprint density at radius 2 is 2.07 bits per heavy atom. The highest BCUT2D eigenvalue weighted by atomic mass is 79.9. The molecule has 2 atom stereocenters. The zero-order valence-corrected chi connectivity index (χ0v) is 20.3. The molecule has 2 aliphatic rings. The van der Waals surface area contributed by atoms with Crippen molar-refractivity contribution in [3.63, 3.8) is 0 Å². The number of carbonyl (C=O) groups is 2.